The van der Waals surface area contributed by atoms with Gasteiger partial charge in [0, 0.05) is 0 Å². The Balaban J connectivity index is 1.90. The van der Waals surface area contributed by atoms with E-state index in [9.17, 15) is 9.90 Å². The molecule has 1 aliphatic rings. The van der Waals surface area contributed by atoms with Crippen molar-refractivity contribution in [2.24, 2.45) is 11.8 Å². The van der Waals surface area contributed by atoms with Crippen LogP contribution >= 0.6 is 0 Å². The van der Waals surface area contributed by atoms with Gasteiger partial charge in [0.1, 0.15) is 0 Å². The number of furan rings is 1. The second-order valence-electron chi connectivity index (χ2n) is 5.52. The van der Waals surface area contributed by atoms with Crippen molar-refractivity contribution in [3.63, 3.8) is 0 Å². The summed E-state index contributed by atoms with van der Waals surface area (Å²) >= 11 is 0. The fraction of sp³-hybridized carbons (Fsp3) is 0.500. The molecule has 1 aliphatic carbocycles. The summed E-state index contributed by atoms with van der Waals surface area (Å²) in [5.74, 6) is 0.238. The van der Waals surface area contributed by atoms with E-state index in [2.05, 4.69) is 10.1 Å². The Bertz CT molecular complexity index is 631. The Morgan fingerprint density at radius 1 is 1.45 bits per heavy atom. The Morgan fingerprint density at radius 3 is 2.90 bits per heavy atom. The highest BCUT2D eigenvalue weighted by atomic mass is 16.5. The van der Waals surface area contributed by atoms with E-state index in [1.165, 1.54) is 0 Å². The number of aliphatic carboxylic acids is 1. The summed E-state index contributed by atoms with van der Waals surface area (Å²) in [6, 6.07) is 1.82. The van der Waals surface area contributed by atoms with Crippen molar-refractivity contribution in [3.05, 3.63) is 23.8 Å². The van der Waals surface area contributed by atoms with Crippen molar-refractivity contribution in [2.45, 2.75) is 32.6 Å². The highest BCUT2D eigenvalue weighted by Gasteiger charge is 2.41. The number of aryl methyl sites for hydroxylation is 1. The van der Waals surface area contributed by atoms with Gasteiger partial charge in [0.2, 0.25) is 11.7 Å². The van der Waals surface area contributed by atoms with E-state index < -0.39 is 11.9 Å². The summed E-state index contributed by atoms with van der Waals surface area (Å²) < 4.78 is 10.6. The first-order chi connectivity index (χ1) is 9.56. The molecule has 0 aliphatic heterocycles. The molecule has 106 valence electrons. The van der Waals surface area contributed by atoms with Crippen LogP contribution in [0, 0.1) is 18.8 Å². The van der Waals surface area contributed by atoms with Crippen LogP contribution in [-0.2, 0) is 4.79 Å². The molecule has 2 heterocycles. The molecule has 0 radical (unpaired) electrons. The van der Waals surface area contributed by atoms with Gasteiger partial charge in [-0.1, -0.05) is 12.1 Å². The van der Waals surface area contributed by atoms with E-state index in [0.717, 1.165) is 12.0 Å². The third kappa shape index (κ3) is 2.11. The molecule has 2 aromatic heterocycles. The van der Waals surface area contributed by atoms with E-state index in [1.54, 1.807) is 6.26 Å². The Labute approximate surface area is 115 Å². The minimum atomic E-state index is -0.798. The predicted molar refractivity (Wildman–Crippen MR) is 69.0 cm³/mol. The van der Waals surface area contributed by atoms with Crippen LogP contribution in [0.15, 0.2) is 21.3 Å². The molecular formula is C14H16N2O4. The topological polar surface area (TPSA) is 89.4 Å². The molecule has 6 heteroatoms. The van der Waals surface area contributed by atoms with Gasteiger partial charge >= 0.3 is 5.97 Å². The molecule has 0 bridgehead atoms. The fourth-order valence-corrected chi connectivity index (χ4v) is 2.92. The zero-order chi connectivity index (χ0) is 14.3. The number of aromatic nitrogens is 2. The first kappa shape index (κ1) is 12.9. The number of hydrogen-bond acceptors (Lipinski definition) is 5. The van der Waals surface area contributed by atoms with Crippen LogP contribution in [0.4, 0.5) is 0 Å². The molecule has 3 atom stereocenters. The number of nitrogens with zero attached hydrogens (tertiary/aromatic N) is 2. The monoisotopic (exact) mass is 276 g/mol. The van der Waals surface area contributed by atoms with Gasteiger partial charge in [0.05, 0.1) is 18.1 Å². The summed E-state index contributed by atoms with van der Waals surface area (Å²) in [6.07, 6.45) is 2.98. The molecule has 3 unspecified atom stereocenters. The molecule has 20 heavy (non-hydrogen) atoms. The van der Waals surface area contributed by atoms with Gasteiger partial charge in [-0.3, -0.25) is 4.79 Å². The van der Waals surface area contributed by atoms with Gasteiger partial charge < -0.3 is 14.0 Å². The van der Waals surface area contributed by atoms with Crippen LogP contribution in [-0.4, -0.2) is 21.2 Å². The van der Waals surface area contributed by atoms with Crippen molar-refractivity contribution >= 4 is 5.97 Å². The Morgan fingerprint density at radius 2 is 2.25 bits per heavy atom. The molecule has 1 saturated carbocycles. The molecule has 3 rings (SSSR count). The molecule has 1 N–H and O–H groups in total. The highest BCUT2D eigenvalue weighted by molar-refractivity contribution is 5.71. The van der Waals surface area contributed by atoms with Gasteiger partial charge in [-0.15, -0.1) is 0 Å². The van der Waals surface area contributed by atoms with Gasteiger partial charge in [0.25, 0.3) is 0 Å². The fourth-order valence-electron chi connectivity index (χ4n) is 2.92. The van der Waals surface area contributed by atoms with Crippen molar-refractivity contribution in [3.8, 4) is 11.6 Å². The molecule has 0 saturated heterocycles. The van der Waals surface area contributed by atoms with Crippen LogP contribution in [0.25, 0.3) is 11.6 Å². The van der Waals surface area contributed by atoms with E-state index in [-0.39, 0.29) is 5.92 Å². The molecule has 0 aromatic carbocycles. The maximum atomic E-state index is 11.3. The SMILES string of the molecule is Cc1ccoc1-c1noc(C2CC(C)CC2C(=O)O)n1. The largest absolute Gasteiger partial charge is 0.481 e. The third-order valence-electron chi connectivity index (χ3n) is 3.94. The van der Waals surface area contributed by atoms with Crippen LogP contribution in [0.2, 0.25) is 0 Å². The number of carbonyl (C=O) groups is 1. The van der Waals surface area contributed by atoms with Crippen LogP contribution < -0.4 is 0 Å². The summed E-state index contributed by atoms with van der Waals surface area (Å²) in [7, 11) is 0. The normalized spacial score (nSPS) is 26.0. The number of hydrogen-bond donors (Lipinski definition) is 1. The predicted octanol–water partition coefficient (Wildman–Crippen LogP) is 2.85. The molecule has 0 amide bonds. The lowest BCUT2D eigenvalue weighted by Gasteiger charge is -2.09. The number of carboxylic acids is 1. The van der Waals surface area contributed by atoms with E-state index >= 15 is 0 Å². The lowest BCUT2D eigenvalue weighted by Crippen LogP contribution is -2.17. The minimum absolute atomic E-state index is 0.209. The van der Waals surface area contributed by atoms with Crippen LogP contribution in [0.5, 0.6) is 0 Å². The summed E-state index contributed by atoms with van der Waals surface area (Å²) in [4.78, 5) is 15.6. The molecule has 2 aromatic rings. The first-order valence-corrected chi connectivity index (χ1v) is 6.67. The van der Waals surface area contributed by atoms with Gasteiger partial charge in [-0.05, 0) is 37.3 Å². The van der Waals surface area contributed by atoms with Gasteiger partial charge in [-0.25, -0.2) is 0 Å². The van der Waals surface area contributed by atoms with E-state index in [4.69, 9.17) is 8.94 Å². The molecule has 1 fully saturated rings. The quantitative estimate of drug-likeness (QED) is 0.927. The van der Waals surface area contributed by atoms with Crippen LogP contribution in [0.1, 0.15) is 37.1 Å². The van der Waals surface area contributed by atoms with E-state index in [1.807, 2.05) is 19.9 Å². The van der Waals surface area contributed by atoms with E-state index in [0.29, 0.717) is 29.8 Å². The van der Waals surface area contributed by atoms with Crippen molar-refractivity contribution in [1.29, 1.82) is 0 Å². The zero-order valence-corrected chi connectivity index (χ0v) is 11.4. The average Bonchev–Trinajstić information content (AvgIpc) is 3.06. The Kier molecular flexibility index (Phi) is 3.08. The summed E-state index contributed by atoms with van der Waals surface area (Å²) in [5.41, 5.74) is 0.923. The number of carboxylic acid groups (broad SMARTS) is 1. The average molecular weight is 276 g/mol. The second-order valence-corrected chi connectivity index (χ2v) is 5.52. The van der Waals surface area contributed by atoms with Crippen molar-refractivity contribution in [2.75, 3.05) is 0 Å². The maximum absolute atomic E-state index is 11.3. The Hall–Kier alpha value is -2.11. The first-order valence-electron chi connectivity index (χ1n) is 6.67. The minimum Gasteiger partial charge on any atom is -0.481 e. The lowest BCUT2D eigenvalue weighted by molar-refractivity contribution is -0.142. The third-order valence-corrected chi connectivity index (χ3v) is 3.94. The molecule has 0 spiro atoms. The zero-order valence-electron chi connectivity index (χ0n) is 11.4. The molecular weight excluding hydrogens is 260 g/mol. The maximum Gasteiger partial charge on any atom is 0.307 e. The number of rotatable bonds is 3. The van der Waals surface area contributed by atoms with Crippen LogP contribution in [0.3, 0.4) is 0 Å². The van der Waals surface area contributed by atoms with Gasteiger partial charge in [-0.2, -0.15) is 4.98 Å². The van der Waals surface area contributed by atoms with Crippen molar-refractivity contribution < 1.29 is 18.8 Å². The summed E-state index contributed by atoms with van der Waals surface area (Å²) in [6.45, 7) is 3.94. The lowest BCUT2D eigenvalue weighted by atomic mass is 9.96. The summed E-state index contributed by atoms with van der Waals surface area (Å²) in [5, 5.41) is 13.2. The van der Waals surface area contributed by atoms with Crippen molar-refractivity contribution in [1.82, 2.24) is 10.1 Å². The smallest absolute Gasteiger partial charge is 0.307 e. The standard InChI is InChI=1S/C14H16N2O4/c1-7-5-9(10(6-7)14(17)18)13-15-12(16-20-13)11-8(2)3-4-19-11/h3-4,7,9-10H,5-6H2,1-2H3,(H,17,18). The second kappa shape index (κ2) is 4.77. The highest BCUT2D eigenvalue weighted by Crippen LogP contribution is 2.42. The molecule has 6 nitrogen and oxygen atoms in total. The van der Waals surface area contributed by atoms with Gasteiger partial charge in [0.15, 0.2) is 5.76 Å².